The fraction of sp³-hybridized carbons (Fsp3) is 0. The second-order valence-corrected chi connectivity index (χ2v) is 5.37. The van der Waals surface area contributed by atoms with Crippen LogP contribution in [0.4, 0.5) is 4.39 Å². The smallest absolute Gasteiger partial charge is 0.194 e. The fourth-order valence-corrected chi connectivity index (χ4v) is 2.35. The van der Waals surface area contributed by atoms with Crippen molar-refractivity contribution < 1.29 is 9.18 Å². The van der Waals surface area contributed by atoms with Gasteiger partial charge >= 0.3 is 0 Å². The number of halogens is 4. The van der Waals surface area contributed by atoms with E-state index in [0.717, 1.165) is 6.07 Å². The van der Waals surface area contributed by atoms with Gasteiger partial charge in [0.1, 0.15) is 5.82 Å². The molecule has 2 aromatic carbocycles. The first kappa shape index (κ1) is 13.5. The SMILES string of the molecule is O=C(c1cc(F)cc(Br)c1)c1cc(Cl)ccc1Cl. The Kier molecular flexibility index (Phi) is 4.05. The van der Waals surface area contributed by atoms with Gasteiger partial charge in [-0.3, -0.25) is 4.79 Å². The number of carbonyl (C=O) groups excluding carboxylic acids is 1. The van der Waals surface area contributed by atoms with E-state index < -0.39 is 5.82 Å². The molecule has 0 heterocycles. The first-order valence-corrected chi connectivity index (χ1v) is 6.48. The third-order valence-corrected chi connectivity index (χ3v) is 3.32. The van der Waals surface area contributed by atoms with Crippen molar-refractivity contribution in [3.63, 3.8) is 0 Å². The lowest BCUT2D eigenvalue weighted by atomic mass is 10.0. The Labute approximate surface area is 122 Å². The van der Waals surface area contributed by atoms with Crippen molar-refractivity contribution in [2.24, 2.45) is 0 Å². The molecule has 0 N–H and O–H groups in total. The van der Waals surface area contributed by atoms with Crippen molar-refractivity contribution in [3.05, 3.63) is 67.9 Å². The molecule has 18 heavy (non-hydrogen) atoms. The van der Waals surface area contributed by atoms with E-state index in [4.69, 9.17) is 23.2 Å². The standard InChI is InChI=1S/C13H6BrCl2FO/c14-8-3-7(4-10(17)5-8)13(18)11-6-9(15)1-2-12(11)16/h1-6H. The minimum Gasteiger partial charge on any atom is -0.289 e. The highest BCUT2D eigenvalue weighted by atomic mass is 79.9. The van der Waals surface area contributed by atoms with E-state index in [9.17, 15) is 9.18 Å². The molecule has 0 aliphatic heterocycles. The molecule has 2 rings (SSSR count). The largest absolute Gasteiger partial charge is 0.289 e. The fourth-order valence-electron chi connectivity index (χ4n) is 1.51. The minimum absolute atomic E-state index is 0.214. The van der Waals surface area contributed by atoms with Gasteiger partial charge in [-0.2, -0.15) is 0 Å². The van der Waals surface area contributed by atoms with Gasteiger partial charge in [0.25, 0.3) is 0 Å². The molecule has 5 heteroatoms. The van der Waals surface area contributed by atoms with Crippen LogP contribution in [0.5, 0.6) is 0 Å². The van der Waals surface area contributed by atoms with Crippen LogP contribution < -0.4 is 0 Å². The molecule has 0 atom stereocenters. The average Bonchev–Trinajstić information content (AvgIpc) is 2.30. The number of rotatable bonds is 2. The zero-order chi connectivity index (χ0) is 13.3. The van der Waals surface area contributed by atoms with Crippen molar-refractivity contribution in [1.29, 1.82) is 0 Å². The van der Waals surface area contributed by atoms with Crippen LogP contribution in [0.2, 0.25) is 10.0 Å². The summed E-state index contributed by atoms with van der Waals surface area (Å²) in [6.45, 7) is 0. The molecule has 0 amide bonds. The summed E-state index contributed by atoms with van der Waals surface area (Å²) in [6.07, 6.45) is 0. The molecule has 0 spiro atoms. The molecule has 0 saturated carbocycles. The molecule has 0 aliphatic rings. The van der Waals surface area contributed by atoms with Gasteiger partial charge in [-0.1, -0.05) is 39.1 Å². The van der Waals surface area contributed by atoms with Gasteiger partial charge < -0.3 is 0 Å². The van der Waals surface area contributed by atoms with Gasteiger partial charge in [0.15, 0.2) is 5.78 Å². The molecule has 1 nitrogen and oxygen atoms in total. The number of carbonyl (C=O) groups is 1. The number of hydrogen-bond acceptors (Lipinski definition) is 1. The summed E-state index contributed by atoms with van der Waals surface area (Å²) in [7, 11) is 0. The maximum atomic E-state index is 13.2. The van der Waals surface area contributed by atoms with Gasteiger partial charge in [0, 0.05) is 20.6 Å². The lowest BCUT2D eigenvalue weighted by Crippen LogP contribution is -2.03. The molecule has 0 aromatic heterocycles. The van der Waals surface area contributed by atoms with Crippen LogP contribution >= 0.6 is 39.1 Å². The Morgan fingerprint density at radius 3 is 2.50 bits per heavy atom. The van der Waals surface area contributed by atoms with E-state index in [-0.39, 0.29) is 21.9 Å². The monoisotopic (exact) mass is 346 g/mol. The molecule has 0 unspecified atom stereocenters. The predicted octanol–water partition coefficient (Wildman–Crippen LogP) is 5.13. The summed E-state index contributed by atoms with van der Waals surface area (Å²) >= 11 is 14.9. The molecule has 0 aliphatic carbocycles. The summed E-state index contributed by atoms with van der Waals surface area (Å²) in [5, 5.41) is 0.683. The third-order valence-electron chi connectivity index (χ3n) is 2.30. The van der Waals surface area contributed by atoms with Crippen molar-refractivity contribution >= 4 is 44.9 Å². The highest BCUT2D eigenvalue weighted by molar-refractivity contribution is 9.10. The van der Waals surface area contributed by atoms with Crippen molar-refractivity contribution in [1.82, 2.24) is 0 Å². The summed E-state index contributed by atoms with van der Waals surface area (Å²) < 4.78 is 13.7. The van der Waals surface area contributed by atoms with Crippen LogP contribution in [-0.2, 0) is 0 Å². The number of ketones is 1. The average molecular weight is 348 g/mol. The number of hydrogen-bond donors (Lipinski definition) is 0. The molecular formula is C13H6BrCl2FO. The number of benzene rings is 2. The van der Waals surface area contributed by atoms with Crippen molar-refractivity contribution in [3.8, 4) is 0 Å². The Balaban J connectivity index is 2.51. The van der Waals surface area contributed by atoms with Crippen LogP contribution in [0.1, 0.15) is 15.9 Å². The maximum Gasteiger partial charge on any atom is 0.194 e. The third kappa shape index (κ3) is 2.91. The van der Waals surface area contributed by atoms with Crippen LogP contribution in [0.3, 0.4) is 0 Å². The quantitative estimate of drug-likeness (QED) is 0.688. The molecule has 2 aromatic rings. The molecule has 0 radical (unpaired) electrons. The predicted molar refractivity (Wildman–Crippen MR) is 74.0 cm³/mol. The molecule has 0 saturated heterocycles. The molecule has 92 valence electrons. The lowest BCUT2D eigenvalue weighted by Gasteiger charge is -2.05. The van der Waals surface area contributed by atoms with Crippen molar-refractivity contribution in [2.75, 3.05) is 0 Å². The highest BCUT2D eigenvalue weighted by Gasteiger charge is 2.14. The van der Waals surface area contributed by atoms with E-state index in [1.807, 2.05) is 0 Å². The van der Waals surface area contributed by atoms with Gasteiger partial charge in [-0.05, 0) is 36.4 Å². The summed E-state index contributed by atoms with van der Waals surface area (Å²) in [5.74, 6) is -0.867. The Hall–Kier alpha value is -0.900. The van der Waals surface area contributed by atoms with Gasteiger partial charge in [-0.15, -0.1) is 0 Å². The van der Waals surface area contributed by atoms with E-state index >= 15 is 0 Å². The Morgan fingerprint density at radius 2 is 1.83 bits per heavy atom. The maximum absolute atomic E-state index is 13.2. The van der Waals surface area contributed by atoms with E-state index in [2.05, 4.69) is 15.9 Å². The van der Waals surface area contributed by atoms with Crippen LogP contribution in [0.15, 0.2) is 40.9 Å². The minimum atomic E-state index is -0.495. The highest BCUT2D eigenvalue weighted by Crippen LogP contribution is 2.25. The van der Waals surface area contributed by atoms with Gasteiger partial charge in [0.05, 0.1) is 5.02 Å². The Bertz CT molecular complexity index is 608. The first-order chi connectivity index (χ1) is 8.47. The van der Waals surface area contributed by atoms with E-state index in [1.165, 1.54) is 24.3 Å². The van der Waals surface area contributed by atoms with E-state index in [0.29, 0.717) is 9.50 Å². The normalized spacial score (nSPS) is 10.4. The zero-order valence-corrected chi connectivity index (χ0v) is 12.0. The first-order valence-electron chi connectivity index (χ1n) is 4.93. The molecule has 0 fully saturated rings. The Morgan fingerprint density at radius 1 is 1.11 bits per heavy atom. The summed E-state index contributed by atoms with van der Waals surface area (Å²) in [4.78, 5) is 12.2. The van der Waals surface area contributed by atoms with Gasteiger partial charge in [-0.25, -0.2) is 4.39 Å². The summed E-state index contributed by atoms with van der Waals surface area (Å²) in [6, 6.07) is 8.54. The van der Waals surface area contributed by atoms with Crippen LogP contribution in [-0.4, -0.2) is 5.78 Å². The molecular weight excluding hydrogens is 342 g/mol. The second kappa shape index (κ2) is 5.39. The van der Waals surface area contributed by atoms with Crippen LogP contribution in [0, 0.1) is 5.82 Å². The van der Waals surface area contributed by atoms with Crippen LogP contribution in [0.25, 0.3) is 0 Å². The van der Waals surface area contributed by atoms with Gasteiger partial charge in [0.2, 0.25) is 0 Å². The van der Waals surface area contributed by atoms with E-state index in [1.54, 1.807) is 6.07 Å². The molecule has 0 bridgehead atoms. The topological polar surface area (TPSA) is 17.1 Å². The zero-order valence-electron chi connectivity index (χ0n) is 8.88. The lowest BCUT2D eigenvalue weighted by molar-refractivity contribution is 0.103. The summed E-state index contributed by atoms with van der Waals surface area (Å²) in [5.41, 5.74) is 0.465. The second-order valence-electron chi connectivity index (χ2n) is 3.61. The van der Waals surface area contributed by atoms with Crippen molar-refractivity contribution in [2.45, 2.75) is 0 Å².